The molecule has 4 atom stereocenters. The van der Waals surface area contributed by atoms with E-state index >= 15 is 0 Å². The molecule has 0 bridgehead atoms. The van der Waals surface area contributed by atoms with Gasteiger partial charge in [0.15, 0.2) is 0 Å². The van der Waals surface area contributed by atoms with Crippen LogP contribution in [0, 0.1) is 17.8 Å². The maximum absolute atomic E-state index is 12.0. The molecule has 0 spiro atoms. The number of rotatable bonds is 8. The van der Waals surface area contributed by atoms with Crippen molar-refractivity contribution in [2.75, 3.05) is 7.11 Å². The van der Waals surface area contributed by atoms with Crippen molar-refractivity contribution in [3.05, 3.63) is 44.7 Å². The van der Waals surface area contributed by atoms with E-state index < -0.39 is 23.9 Å². The second-order valence-electron chi connectivity index (χ2n) is 9.60. The predicted octanol–water partition coefficient (Wildman–Crippen LogP) is 9.43. The third-order valence-electron chi connectivity index (χ3n) is 5.92. The van der Waals surface area contributed by atoms with E-state index in [4.69, 9.17) is 21.9 Å². The molecule has 0 aliphatic heterocycles. The normalized spacial score (nSPS) is 21.3. The molecule has 1 amide bonds. The highest BCUT2D eigenvalue weighted by Crippen LogP contribution is 2.28. The Morgan fingerprint density at radius 1 is 1.16 bits per heavy atom. The van der Waals surface area contributed by atoms with Gasteiger partial charge in [0, 0.05) is 28.9 Å². The number of carbonyl (C=O) groups excluding carboxylic acids is 1. The zero-order chi connectivity index (χ0) is 30.5. The van der Waals surface area contributed by atoms with Crippen LogP contribution in [-0.4, -0.2) is 30.2 Å². The van der Waals surface area contributed by atoms with E-state index in [1.54, 1.807) is 0 Å². The number of azide groups is 2. The number of carbonyl (C=O) groups is 1. The smallest absolute Gasteiger partial charge is 0.223 e. The minimum atomic E-state index is -0.614. The van der Waals surface area contributed by atoms with E-state index in [0.717, 1.165) is 37.9 Å². The average molecular weight is 538 g/mol. The average Bonchev–Trinajstić information content (AvgIpc) is 2.96. The summed E-state index contributed by atoms with van der Waals surface area (Å²) < 4.78 is 0. The van der Waals surface area contributed by atoms with Crippen LogP contribution in [0.4, 0.5) is 0 Å². The molecule has 222 valence electrons. The second kappa shape index (κ2) is 30.9. The van der Waals surface area contributed by atoms with Gasteiger partial charge in [-0.25, -0.2) is 0 Å². The monoisotopic (exact) mass is 537 g/mol. The van der Waals surface area contributed by atoms with Gasteiger partial charge >= 0.3 is 0 Å². The maximum atomic E-state index is 12.0. The van der Waals surface area contributed by atoms with Gasteiger partial charge in [0.2, 0.25) is 5.91 Å². The first kappa shape index (κ1) is 42.8. The Bertz CT molecular complexity index is 710. The molecular formula is C29H59N7O2. The van der Waals surface area contributed by atoms with E-state index in [9.17, 15) is 4.79 Å². The molecule has 38 heavy (non-hydrogen) atoms. The molecule has 9 heteroatoms. The molecule has 1 aliphatic rings. The first-order chi connectivity index (χ1) is 18.1. The van der Waals surface area contributed by atoms with Crippen LogP contribution >= 0.6 is 0 Å². The SMILES string of the molecule is C=C(C)CC.CC.CC/C1=C/C(C)CCC(N)C(C(=O)N=[N+]=[N-])CC1N=[N+]=[N-].CCCCCC(C)C.CO. The van der Waals surface area contributed by atoms with Crippen LogP contribution in [0.3, 0.4) is 0 Å². The van der Waals surface area contributed by atoms with Gasteiger partial charge < -0.3 is 10.8 Å². The molecule has 0 saturated heterocycles. The molecule has 4 unspecified atom stereocenters. The standard InChI is InChI=1S/C13H21N7O.C8H18.C5H10.C2H6.CH4O/c1-3-9-6-8(2)4-5-11(14)10(13(21)18-20-16)7-12(9)17-19-15;1-4-5-6-7-8(2)3;1-4-5(2)3;2*1-2/h6,8,10-12H,3-5,7,14H2,1-2H3;8H,4-7H2,1-3H3;2,4H2,1,3H3;1-2H3;2H,1H3/b9-6-;;;;. The fourth-order valence-electron chi connectivity index (χ4n) is 3.52. The van der Waals surface area contributed by atoms with Gasteiger partial charge in [-0.15, -0.1) is 6.58 Å². The van der Waals surface area contributed by atoms with Gasteiger partial charge in [-0.1, -0.05) is 103 Å². The fraction of sp³-hybridized carbons (Fsp3) is 0.828. The minimum Gasteiger partial charge on any atom is -0.400 e. The Labute approximate surface area is 233 Å². The number of nitrogens with two attached hydrogens (primary N) is 1. The number of nitrogens with zero attached hydrogens (tertiary/aromatic N) is 6. The third kappa shape index (κ3) is 25.3. The number of hydrogen-bond acceptors (Lipinski definition) is 4. The van der Waals surface area contributed by atoms with Crippen molar-refractivity contribution in [3.8, 4) is 0 Å². The van der Waals surface area contributed by atoms with Crippen LogP contribution in [-0.2, 0) is 4.79 Å². The molecule has 0 aromatic rings. The first-order valence-corrected chi connectivity index (χ1v) is 14.3. The summed E-state index contributed by atoms with van der Waals surface area (Å²) in [5.41, 5.74) is 25.6. The van der Waals surface area contributed by atoms with E-state index in [0.29, 0.717) is 12.3 Å². The fourth-order valence-corrected chi connectivity index (χ4v) is 3.52. The quantitative estimate of drug-likeness (QED) is 0.104. The molecule has 0 heterocycles. The first-order valence-electron chi connectivity index (χ1n) is 14.3. The molecule has 0 radical (unpaired) electrons. The molecule has 1 aliphatic carbocycles. The highest BCUT2D eigenvalue weighted by molar-refractivity contribution is 5.80. The van der Waals surface area contributed by atoms with Crippen LogP contribution in [0.25, 0.3) is 20.9 Å². The largest absolute Gasteiger partial charge is 0.400 e. The minimum absolute atomic E-state index is 0.287. The highest BCUT2D eigenvalue weighted by Gasteiger charge is 2.30. The lowest BCUT2D eigenvalue weighted by Gasteiger charge is -2.23. The number of hydrogen-bond donors (Lipinski definition) is 2. The number of allylic oxidation sites excluding steroid dienone is 2. The molecule has 3 N–H and O–H groups in total. The maximum Gasteiger partial charge on any atom is 0.223 e. The zero-order valence-corrected chi connectivity index (χ0v) is 26.2. The zero-order valence-electron chi connectivity index (χ0n) is 26.2. The Kier molecular flexibility index (Phi) is 34.8. The van der Waals surface area contributed by atoms with Crippen LogP contribution in [0.2, 0.25) is 0 Å². The summed E-state index contributed by atoms with van der Waals surface area (Å²) in [5, 5.41) is 14.0. The van der Waals surface area contributed by atoms with Crippen molar-refractivity contribution in [2.24, 2.45) is 33.7 Å². The lowest BCUT2D eigenvalue weighted by Crippen LogP contribution is -2.37. The van der Waals surface area contributed by atoms with Crippen LogP contribution in [0.1, 0.15) is 120 Å². The Balaban J connectivity index is -0.000000280. The summed E-state index contributed by atoms with van der Waals surface area (Å²) in [5.74, 6) is 0.0158. The second-order valence-corrected chi connectivity index (χ2v) is 9.60. The Morgan fingerprint density at radius 3 is 2.11 bits per heavy atom. The van der Waals surface area contributed by atoms with Crippen LogP contribution in [0.15, 0.2) is 34.0 Å². The lowest BCUT2D eigenvalue weighted by molar-refractivity contribution is -0.122. The third-order valence-corrected chi connectivity index (χ3v) is 5.92. The van der Waals surface area contributed by atoms with Crippen LogP contribution < -0.4 is 5.73 Å². The van der Waals surface area contributed by atoms with Crippen molar-refractivity contribution < 1.29 is 9.90 Å². The Morgan fingerprint density at radius 2 is 1.71 bits per heavy atom. The van der Waals surface area contributed by atoms with Gasteiger partial charge in [0.1, 0.15) is 0 Å². The van der Waals surface area contributed by atoms with E-state index in [1.807, 2.05) is 27.7 Å². The summed E-state index contributed by atoms with van der Waals surface area (Å²) >= 11 is 0. The highest BCUT2D eigenvalue weighted by atomic mass is 16.2. The summed E-state index contributed by atoms with van der Waals surface area (Å²) in [6.07, 6.45) is 11.4. The summed E-state index contributed by atoms with van der Waals surface area (Å²) in [7, 11) is 1.00. The van der Waals surface area contributed by atoms with E-state index in [2.05, 4.69) is 67.3 Å². The van der Waals surface area contributed by atoms with Crippen molar-refractivity contribution in [1.29, 1.82) is 0 Å². The summed E-state index contributed by atoms with van der Waals surface area (Å²) in [6, 6.07) is -0.819. The summed E-state index contributed by atoms with van der Waals surface area (Å²) in [4.78, 5) is 17.4. The Hall–Kier alpha value is -2.31. The molecule has 9 nitrogen and oxygen atoms in total. The van der Waals surface area contributed by atoms with Gasteiger partial charge in [-0.2, -0.15) is 0 Å². The van der Waals surface area contributed by atoms with Crippen LogP contribution in [0.5, 0.6) is 0 Å². The van der Waals surface area contributed by atoms with Gasteiger partial charge in [-0.05, 0) is 67.0 Å². The lowest BCUT2D eigenvalue weighted by atomic mass is 9.88. The number of unbranched alkanes of at least 4 members (excludes halogenated alkanes) is 2. The predicted molar refractivity (Wildman–Crippen MR) is 164 cm³/mol. The van der Waals surface area contributed by atoms with Crippen molar-refractivity contribution in [3.63, 3.8) is 0 Å². The van der Waals surface area contributed by atoms with Gasteiger partial charge in [-0.3, -0.25) is 4.79 Å². The van der Waals surface area contributed by atoms with Crippen molar-refractivity contribution in [1.82, 2.24) is 0 Å². The molecule has 0 aromatic heterocycles. The van der Waals surface area contributed by atoms with E-state index in [1.165, 1.54) is 31.3 Å². The molecule has 0 saturated carbocycles. The van der Waals surface area contributed by atoms with Crippen molar-refractivity contribution in [2.45, 2.75) is 132 Å². The molecular weight excluding hydrogens is 478 g/mol. The van der Waals surface area contributed by atoms with E-state index in [-0.39, 0.29) is 6.42 Å². The van der Waals surface area contributed by atoms with Crippen molar-refractivity contribution >= 4 is 5.91 Å². The number of amides is 1. The molecule has 0 aromatic carbocycles. The van der Waals surface area contributed by atoms with Gasteiger partial charge in [0.25, 0.3) is 0 Å². The molecule has 0 fully saturated rings. The molecule has 1 rings (SSSR count). The summed E-state index contributed by atoms with van der Waals surface area (Å²) in [6.45, 7) is 22.7. The topological polar surface area (TPSA) is 161 Å². The number of aliphatic hydroxyl groups is 1. The number of aliphatic hydroxyl groups excluding tert-OH is 1. The van der Waals surface area contributed by atoms with Gasteiger partial charge in [0.05, 0.1) is 6.04 Å².